The summed E-state index contributed by atoms with van der Waals surface area (Å²) in [7, 11) is -3.00. The molecule has 3 heterocycles. The highest BCUT2D eigenvalue weighted by Crippen LogP contribution is 2.36. The van der Waals surface area contributed by atoms with Crippen molar-refractivity contribution in [3.05, 3.63) is 21.9 Å². The quantitative estimate of drug-likeness (QED) is 0.839. The lowest BCUT2D eigenvalue weighted by atomic mass is 9.95. The smallest absolute Gasteiger partial charge is 0.227 e. The fourth-order valence-corrected chi connectivity index (χ4v) is 5.99. The van der Waals surface area contributed by atoms with E-state index in [2.05, 4.69) is 18.4 Å². The van der Waals surface area contributed by atoms with Crippen LogP contribution in [0.25, 0.3) is 0 Å². The maximum Gasteiger partial charge on any atom is 0.227 e. The second-order valence-corrected chi connectivity index (χ2v) is 8.83. The van der Waals surface area contributed by atoms with Gasteiger partial charge >= 0.3 is 0 Å². The highest BCUT2D eigenvalue weighted by Gasteiger charge is 2.39. The third-order valence-electron chi connectivity index (χ3n) is 4.35. The molecule has 1 fully saturated rings. The summed E-state index contributed by atoms with van der Waals surface area (Å²) in [5.74, 6) is -0.0866. The van der Waals surface area contributed by atoms with Gasteiger partial charge in [0.15, 0.2) is 9.84 Å². The zero-order valence-corrected chi connectivity index (χ0v) is 13.2. The van der Waals surface area contributed by atoms with Crippen LogP contribution in [0.4, 0.5) is 0 Å². The van der Waals surface area contributed by atoms with Crippen molar-refractivity contribution in [2.45, 2.75) is 32.2 Å². The molecule has 0 spiro atoms. The molecule has 6 heteroatoms. The summed E-state index contributed by atoms with van der Waals surface area (Å²) >= 11 is 1.76. The molecule has 0 N–H and O–H groups in total. The van der Waals surface area contributed by atoms with E-state index < -0.39 is 9.84 Å². The number of rotatable bonds is 2. The molecule has 1 aromatic rings. The second-order valence-electron chi connectivity index (χ2n) is 5.60. The lowest BCUT2D eigenvalue weighted by Crippen LogP contribution is -2.42. The molecule has 2 aliphatic heterocycles. The predicted octanol–water partition coefficient (Wildman–Crippen LogP) is 2.02. The van der Waals surface area contributed by atoms with E-state index in [0.717, 1.165) is 19.4 Å². The van der Waals surface area contributed by atoms with Crippen LogP contribution < -0.4 is 0 Å². The van der Waals surface area contributed by atoms with Crippen LogP contribution in [-0.2, 0) is 21.1 Å². The van der Waals surface area contributed by atoms with Crippen molar-refractivity contribution >= 4 is 27.1 Å². The van der Waals surface area contributed by atoms with Crippen molar-refractivity contribution in [2.75, 3.05) is 18.1 Å². The number of fused-ring (bicyclic) bond motifs is 1. The molecule has 2 atom stereocenters. The molecule has 1 amide bonds. The first kappa shape index (κ1) is 14.1. The lowest BCUT2D eigenvalue weighted by molar-refractivity contribution is -0.137. The van der Waals surface area contributed by atoms with Crippen LogP contribution in [0.5, 0.6) is 0 Å². The monoisotopic (exact) mass is 313 g/mol. The van der Waals surface area contributed by atoms with Crippen LogP contribution in [0.1, 0.15) is 36.2 Å². The van der Waals surface area contributed by atoms with E-state index in [1.165, 1.54) is 10.4 Å². The van der Waals surface area contributed by atoms with Gasteiger partial charge in [-0.2, -0.15) is 0 Å². The van der Waals surface area contributed by atoms with Gasteiger partial charge in [0.25, 0.3) is 0 Å². The maximum absolute atomic E-state index is 12.7. The van der Waals surface area contributed by atoms with Gasteiger partial charge in [-0.3, -0.25) is 4.79 Å². The minimum absolute atomic E-state index is 0.0368. The van der Waals surface area contributed by atoms with Crippen LogP contribution in [-0.4, -0.2) is 37.3 Å². The molecule has 4 nitrogen and oxygen atoms in total. The first-order chi connectivity index (χ1) is 9.52. The molecule has 3 rings (SSSR count). The van der Waals surface area contributed by atoms with Crippen molar-refractivity contribution in [3.63, 3.8) is 0 Å². The molecule has 0 bridgehead atoms. The van der Waals surface area contributed by atoms with E-state index in [1.807, 2.05) is 4.90 Å². The number of hydrogen-bond donors (Lipinski definition) is 0. The number of thiophene rings is 1. The Balaban J connectivity index is 1.82. The van der Waals surface area contributed by atoms with Crippen LogP contribution in [0.15, 0.2) is 11.4 Å². The van der Waals surface area contributed by atoms with E-state index in [1.54, 1.807) is 11.3 Å². The van der Waals surface area contributed by atoms with Crippen molar-refractivity contribution in [1.29, 1.82) is 0 Å². The van der Waals surface area contributed by atoms with Crippen molar-refractivity contribution in [2.24, 2.45) is 5.92 Å². The molecule has 0 unspecified atom stereocenters. The Morgan fingerprint density at radius 3 is 2.95 bits per heavy atom. The molecule has 0 aromatic carbocycles. The molecule has 0 radical (unpaired) electrons. The summed E-state index contributed by atoms with van der Waals surface area (Å²) in [6, 6.07) is 2.24. The van der Waals surface area contributed by atoms with Gasteiger partial charge in [-0.05, 0) is 36.3 Å². The standard InChI is InChI=1S/C14H19NO3S2/c1-2-12-11-4-7-19-13(11)3-6-15(12)14(16)10-5-8-20(17,18)9-10/h4,7,10,12H,2-3,5-6,8-9H2,1H3/t10-,12-/m0/s1. The van der Waals surface area contributed by atoms with Crippen LogP contribution in [0.2, 0.25) is 0 Å². The molecule has 1 aromatic heterocycles. The highest BCUT2D eigenvalue weighted by molar-refractivity contribution is 7.91. The van der Waals surface area contributed by atoms with Gasteiger partial charge in [-0.1, -0.05) is 6.92 Å². The van der Waals surface area contributed by atoms with Gasteiger partial charge in [-0.25, -0.2) is 8.42 Å². The molecule has 2 aliphatic rings. The van der Waals surface area contributed by atoms with Gasteiger partial charge in [0, 0.05) is 11.4 Å². The van der Waals surface area contributed by atoms with E-state index in [-0.39, 0.29) is 29.4 Å². The summed E-state index contributed by atoms with van der Waals surface area (Å²) < 4.78 is 23.1. The average molecular weight is 313 g/mol. The molecule has 20 heavy (non-hydrogen) atoms. The zero-order valence-electron chi connectivity index (χ0n) is 11.5. The fourth-order valence-electron chi connectivity index (χ4n) is 3.32. The van der Waals surface area contributed by atoms with Crippen molar-refractivity contribution < 1.29 is 13.2 Å². The largest absolute Gasteiger partial charge is 0.335 e. The molecule has 0 aliphatic carbocycles. The molecule has 110 valence electrons. The minimum atomic E-state index is -3.00. The topological polar surface area (TPSA) is 54.5 Å². The maximum atomic E-state index is 12.7. The summed E-state index contributed by atoms with van der Waals surface area (Å²) in [4.78, 5) is 15.9. The van der Waals surface area contributed by atoms with Crippen LogP contribution in [0.3, 0.4) is 0 Å². The van der Waals surface area contributed by atoms with Gasteiger partial charge < -0.3 is 4.90 Å². The Morgan fingerprint density at radius 1 is 1.50 bits per heavy atom. The highest BCUT2D eigenvalue weighted by atomic mass is 32.2. The molecular formula is C14H19NO3S2. The average Bonchev–Trinajstić information content (AvgIpc) is 3.02. The van der Waals surface area contributed by atoms with E-state index in [4.69, 9.17) is 0 Å². The number of sulfone groups is 1. The molecule has 1 saturated heterocycles. The van der Waals surface area contributed by atoms with Gasteiger partial charge in [-0.15, -0.1) is 11.3 Å². The van der Waals surface area contributed by atoms with E-state index >= 15 is 0 Å². The summed E-state index contributed by atoms with van der Waals surface area (Å²) in [5.41, 5.74) is 1.26. The number of hydrogen-bond acceptors (Lipinski definition) is 4. The van der Waals surface area contributed by atoms with Crippen molar-refractivity contribution in [1.82, 2.24) is 4.90 Å². The first-order valence-electron chi connectivity index (χ1n) is 7.09. The Hall–Kier alpha value is -0.880. The normalized spacial score (nSPS) is 28.4. The Bertz CT molecular complexity index is 620. The Morgan fingerprint density at radius 2 is 2.30 bits per heavy atom. The molecule has 0 saturated carbocycles. The van der Waals surface area contributed by atoms with E-state index in [0.29, 0.717) is 6.42 Å². The van der Waals surface area contributed by atoms with Crippen LogP contribution in [0, 0.1) is 5.92 Å². The number of carbonyl (C=O) groups is 1. The Kier molecular flexibility index (Phi) is 3.62. The van der Waals surface area contributed by atoms with Gasteiger partial charge in [0.2, 0.25) is 5.91 Å². The second kappa shape index (κ2) is 5.15. The summed E-state index contributed by atoms with van der Waals surface area (Å²) in [6.45, 7) is 2.81. The lowest BCUT2D eigenvalue weighted by Gasteiger charge is -2.36. The van der Waals surface area contributed by atoms with Gasteiger partial charge in [0.05, 0.1) is 23.5 Å². The van der Waals surface area contributed by atoms with Crippen LogP contribution >= 0.6 is 11.3 Å². The zero-order chi connectivity index (χ0) is 14.3. The number of carbonyl (C=O) groups excluding carboxylic acids is 1. The third kappa shape index (κ3) is 2.39. The Labute approximate surface area is 123 Å². The third-order valence-corrected chi connectivity index (χ3v) is 7.11. The number of nitrogens with zero attached hydrogens (tertiary/aromatic N) is 1. The van der Waals surface area contributed by atoms with Gasteiger partial charge in [0.1, 0.15) is 0 Å². The molecular weight excluding hydrogens is 294 g/mol. The van der Waals surface area contributed by atoms with E-state index in [9.17, 15) is 13.2 Å². The SMILES string of the molecule is CC[C@H]1c2ccsc2CCN1C(=O)[C@H]1CCS(=O)(=O)C1. The summed E-state index contributed by atoms with van der Waals surface area (Å²) in [5, 5.41) is 2.08. The first-order valence-corrected chi connectivity index (χ1v) is 9.79. The minimum Gasteiger partial charge on any atom is -0.335 e. The predicted molar refractivity (Wildman–Crippen MR) is 79.5 cm³/mol. The summed E-state index contributed by atoms with van der Waals surface area (Å²) in [6.07, 6.45) is 2.27. The van der Waals surface area contributed by atoms with Crippen molar-refractivity contribution in [3.8, 4) is 0 Å². The number of amides is 1. The fraction of sp³-hybridized carbons (Fsp3) is 0.643.